The van der Waals surface area contributed by atoms with Gasteiger partial charge in [-0.2, -0.15) is 0 Å². The van der Waals surface area contributed by atoms with Crippen molar-refractivity contribution in [2.24, 2.45) is 5.92 Å². The van der Waals surface area contributed by atoms with Crippen molar-refractivity contribution in [3.8, 4) is 0 Å². The van der Waals surface area contributed by atoms with Crippen LogP contribution in [0.15, 0.2) is 18.2 Å². The molecule has 2 heteroatoms. The van der Waals surface area contributed by atoms with E-state index in [0.717, 1.165) is 49.0 Å². The van der Waals surface area contributed by atoms with Crippen molar-refractivity contribution in [1.82, 2.24) is 0 Å². The molecule has 1 aromatic rings. The van der Waals surface area contributed by atoms with Gasteiger partial charge in [0, 0.05) is 18.1 Å². The average molecular weight is 286 g/mol. The molecule has 1 saturated carbocycles. The van der Waals surface area contributed by atoms with Gasteiger partial charge in [-0.3, -0.25) is 4.79 Å². The van der Waals surface area contributed by atoms with Crippen LogP contribution in [0.3, 0.4) is 0 Å². The zero-order valence-corrected chi connectivity index (χ0v) is 13.3. The van der Waals surface area contributed by atoms with E-state index in [1.165, 1.54) is 19.3 Å². The zero-order chi connectivity index (χ0) is 14.9. The minimum absolute atomic E-state index is 0.00736. The molecule has 0 N–H and O–H groups in total. The Morgan fingerprint density at radius 2 is 1.81 bits per heavy atom. The first-order valence-electron chi connectivity index (χ1n) is 8.36. The maximum atomic E-state index is 13.0. The van der Waals surface area contributed by atoms with Crippen molar-refractivity contribution in [3.63, 3.8) is 0 Å². The number of benzene rings is 1. The first-order chi connectivity index (χ1) is 10.1. The van der Waals surface area contributed by atoms with Crippen molar-refractivity contribution >= 4 is 5.78 Å². The summed E-state index contributed by atoms with van der Waals surface area (Å²) in [5.74, 6) is 0.496. The molecule has 0 bridgehead atoms. The van der Waals surface area contributed by atoms with Crippen molar-refractivity contribution in [2.45, 2.75) is 64.4 Å². The molecule has 2 nitrogen and oxygen atoms in total. The van der Waals surface area contributed by atoms with Gasteiger partial charge in [0.2, 0.25) is 0 Å². The molecule has 1 saturated heterocycles. The molecule has 1 aliphatic heterocycles. The van der Waals surface area contributed by atoms with Gasteiger partial charge in [-0.15, -0.1) is 0 Å². The summed E-state index contributed by atoms with van der Waals surface area (Å²) in [4.78, 5) is 13.0. The van der Waals surface area contributed by atoms with Crippen LogP contribution in [-0.2, 0) is 4.74 Å². The topological polar surface area (TPSA) is 26.3 Å². The van der Waals surface area contributed by atoms with Crippen molar-refractivity contribution in [1.29, 1.82) is 0 Å². The summed E-state index contributed by atoms with van der Waals surface area (Å²) in [6.07, 6.45) is 7.93. The lowest BCUT2D eigenvalue weighted by Gasteiger charge is -2.43. The number of ketones is 1. The fraction of sp³-hybridized carbons (Fsp3) is 0.632. The summed E-state index contributed by atoms with van der Waals surface area (Å²) >= 11 is 0. The zero-order valence-electron chi connectivity index (χ0n) is 13.3. The third kappa shape index (κ3) is 2.91. The normalized spacial score (nSPS) is 25.0. The SMILES string of the molecule is Cc1cccc(C)c1C(=O)C1CCOC2(CCCCC2)C1. The molecule has 2 fully saturated rings. The molecular weight excluding hydrogens is 260 g/mol. The summed E-state index contributed by atoms with van der Waals surface area (Å²) in [6, 6.07) is 6.14. The van der Waals surface area contributed by atoms with Gasteiger partial charge in [-0.1, -0.05) is 37.5 Å². The highest BCUT2D eigenvalue weighted by molar-refractivity contribution is 6.00. The summed E-state index contributed by atoms with van der Waals surface area (Å²) in [7, 11) is 0. The molecule has 3 rings (SSSR count). The third-order valence-electron chi connectivity index (χ3n) is 5.36. The minimum Gasteiger partial charge on any atom is -0.375 e. The quantitative estimate of drug-likeness (QED) is 0.742. The van der Waals surface area contributed by atoms with E-state index in [1.54, 1.807) is 0 Å². The van der Waals surface area contributed by atoms with E-state index in [9.17, 15) is 4.79 Å². The summed E-state index contributed by atoms with van der Waals surface area (Å²) < 4.78 is 6.13. The lowest BCUT2D eigenvalue weighted by molar-refractivity contribution is -0.111. The average Bonchev–Trinajstić information content (AvgIpc) is 2.48. The van der Waals surface area contributed by atoms with Crippen LogP contribution < -0.4 is 0 Å². The van der Waals surface area contributed by atoms with E-state index in [0.29, 0.717) is 5.78 Å². The van der Waals surface area contributed by atoms with E-state index >= 15 is 0 Å². The molecule has 1 heterocycles. The summed E-state index contributed by atoms with van der Waals surface area (Å²) in [5.41, 5.74) is 3.19. The minimum atomic E-state index is 0.00736. The van der Waals surface area contributed by atoms with Gasteiger partial charge >= 0.3 is 0 Å². The Hall–Kier alpha value is -1.15. The third-order valence-corrected chi connectivity index (χ3v) is 5.36. The first-order valence-corrected chi connectivity index (χ1v) is 8.36. The highest BCUT2D eigenvalue weighted by Gasteiger charge is 2.41. The second-order valence-electron chi connectivity index (χ2n) is 6.91. The summed E-state index contributed by atoms with van der Waals surface area (Å²) in [6.45, 7) is 4.85. The number of carbonyl (C=O) groups excluding carboxylic acids is 1. The van der Waals surface area contributed by atoms with Crippen LogP contribution >= 0.6 is 0 Å². The predicted molar refractivity (Wildman–Crippen MR) is 84.7 cm³/mol. The summed E-state index contributed by atoms with van der Waals surface area (Å²) in [5, 5.41) is 0. The molecule has 0 aromatic heterocycles. The van der Waals surface area contributed by atoms with Gasteiger partial charge < -0.3 is 4.74 Å². The Morgan fingerprint density at radius 3 is 2.48 bits per heavy atom. The lowest BCUT2D eigenvalue weighted by Crippen LogP contribution is -2.43. The van der Waals surface area contributed by atoms with E-state index in [4.69, 9.17) is 4.74 Å². The highest BCUT2D eigenvalue weighted by Crippen LogP contribution is 2.41. The molecule has 2 aliphatic rings. The fourth-order valence-electron chi connectivity index (χ4n) is 4.20. The van der Waals surface area contributed by atoms with Crippen molar-refractivity contribution in [2.75, 3.05) is 6.61 Å². The molecule has 21 heavy (non-hydrogen) atoms. The first kappa shape index (κ1) is 14.8. The molecule has 114 valence electrons. The Bertz CT molecular complexity index is 501. The molecule has 1 aliphatic carbocycles. The van der Waals surface area contributed by atoms with Gasteiger partial charge in [0.25, 0.3) is 0 Å². The van der Waals surface area contributed by atoms with Crippen LogP contribution in [0, 0.1) is 19.8 Å². The second kappa shape index (κ2) is 5.92. The molecule has 1 aromatic carbocycles. The van der Waals surface area contributed by atoms with E-state index in [1.807, 2.05) is 6.07 Å². The smallest absolute Gasteiger partial charge is 0.166 e. The number of carbonyl (C=O) groups is 1. The fourth-order valence-corrected chi connectivity index (χ4v) is 4.20. The van der Waals surface area contributed by atoms with E-state index < -0.39 is 0 Å². The van der Waals surface area contributed by atoms with Gasteiger partial charge in [-0.25, -0.2) is 0 Å². The van der Waals surface area contributed by atoms with Crippen LogP contribution in [0.4, 0.5) is 0 Å². The predicted octanol–water partition coefficient (Wildman–Crippen LogP) is 4.62. The lowest BCUT2D eigenvalue weighted by atomic mass is 9.73. The Kier molecular flexibility index (Phi) is 4.17. The number of Topliss-reactive ketones (excluding diaryl/α,β-unsaturated/α-hetero) is 1. The van der Waals surface area contributed by atoms with Crippen LogP contribution in [0.1, 0.15) is 66.4 Å². The van der Waals surface area contributed by atoms with Crippen LogP contribution in [0.5, 0.6) is 0 Å². The highest BCUT2D eigenvalue weighted by atomic mass is 16.5. The van der Waals surface area contributed by atoms with Gasteiger partial charge in [0.1, 0.15) is 0 Å². The van der Waals surface area contributed by atoms with Crippen LogP contribution in [0.25, 0.3) is 0 Å². The van der Waals surface area contributed by atoms with E-state index in [2.05, 4.69) is 26.0 Å². The molecule has 0 radical (unpaired) electrons. The second-order valence-corrected chi connectivity index (χ2v) is 6.91. The standard InChI is InChI=1S/C19H26O2/c1-14-7-6-8-15(2)17(14)18(20)16-9-12-21-19(13-16)10-4-3-5-11-19/h6-8,16H,3-5,9-13H2,1-2H3. The molecule has 1 unspecified atom stereocenters. The van der Waals surface area contributed by atoms with Crippen LogP contribution in [0.2, 0.25) is 0 Å². The van der Waals surface area contributed by atoms with Gasteiger partial charge in [-0.05, 0) is 50.7 Å². The van der Waals surface area contributed by atoms with Gasteiger partial charge in [0.15, 0.2) is 5.78 Å². The maximum Gasteiger partial charge on any atom is 0.166 e. The number of hydrogen-bond acceptors (Lipinski definition) is 2. The van der Waals surface area contributed by atoms with Crippen molar-refractivity contribution < 1.29 is 9.53 Å². The Labute approximate surface area is 127 Å². The van der Waals surface area contributed by atoms with Crippen molar-refractivity contribution in [3.05, 3.63) is 34.9 Å². The van der Waals surface area contributed by atoms with E-state index in [-0.39, 0.29) is 11.5 Å². The van der Waals surface area contributed by atoms with Crippen LogP contribution in [-0.4, -0.2) is 18.0 Å². The van der Waals surface area contributed by atoms with Gasteiger partial charge in [0.05, 0.1) is 5.60 Å². The molecular formula is C19H26O2. The number of ether oxygens (including phenoxy) is 1. The molecule has 1 spiro atoms. The maximum absolute atomic E-state index is 13.0. The largest absolute Gasteiger partial charge is 0.375 e. The molecule has 0 amide bonds. The number of hydrogen-bond donors (Lipinski definition) is 0. The Morgan fingerprint density at radius 1 is 1.14 bits per heavy atom. The number of aryl methyl sites for hydroxylation is 2. The monoisotopic (exact) mass is 286 g/mol. The Balaban J connectivity index is 1.81. The molecule has 1 atom stereocenters. The number of rotatable bonds is 2.